The van der Waals surface area contributed by atoms with E-state index in [1.54, 1.807) is 31.2 Å². The molecule has 3 aromatic rings. The van der Waals surface area contributed by atoms with Crippen LogP contribution in [0.4, 0.5) is 17.1 Å². The van der Waals surface area contributed by atoms with Gasteiger partial charge in [0.15, 0.2) is 0 Å². The van der Waals surface area contributed by atoms with E-state index in [0.29, 0.717) is 23.1 Å². The molecule has 41 heavy (non-hydrogen) atoms. The van der Waals surface area contributed by atoms with Crippen LogP contribution < -0.4 is 16.0 Å². The molecular formula is C22H29N5O11S3. The largest absolute Gasteiger partial charge is 0.399 e. The molecule has 16 nitrogen and oxygen atoms in total. The molecule has 7 N–H and O–H groups in total. The highest BCUT2D eigenvalue weighted by Gasteiger charge is 2.16. The number of nitro benzene ring substituents is 2. The fourth-order valence-corrected chi connectivity index (χ4v) is 4.22. The lowest BCUT2D eigenvalue weighted by Gasteiger charge is -2.03. The van der Waals surface area contributed by atoms with Crippen molar-refractivity contribution in [1.82, 2.24) is 0 Å². The van der Waals surface area contributed by atoms with Gasteiger partial charge >= 0.3 is 0 Å². The van der Waals surface area contributed by atoms with Gasteiger partial charge in [-0.3, -0.25) is 24.8 Å². The lowest BCUT2D eigenvalue weighted by molar-refractivity contribution is -0.385. The molecule has 0 saturated carbocycles. The Morgan fingerprint density at radius 3 is 1.34 bits per heavy atom. The highest BCUT2D eigenvalue weighted by atomic mass is 32.2. The second-order valence-electron chi connectivity index (χ2n) is 8.15. The number of aryl methyl sites for hydroxylation is 3. The highest BCUT2D eigenvalue weighted by Crippen LogP contribution is 2.20. The number of nitrogen functional groups attached to an aromatic ring is 1. The molecule has 0 heterocycles. The molecule has 0 radical (unpaired) electrons. The number of hydrogen-bond acceptors (Lipinski definition) is 11. The zero-order chi connectivity index (χ0) is 32.3. The van der Waals surface area contributed by atoms with Gasteiger partial charge in [0, 0.05) is 30.0 Å². The summed E-state index contributed by atoms with van der Waals surface area (Å²) in [6, 6.07) is 14.6. The van der Waals surface area contributed by atoms with Crippen LogP contribution in [0.5, 0.6) is 0 Å². The summed E-state index contributed by atoms with van der Waals surface area (Å²) in [4.78, 5) is 19.3. The fourth-order valence-electron chi connectivity index (χ4n) is 2.60. The molecule has 0 saturated heterocycles. The third kappa shape index (κ3) is 15.4. The molecule has 0 aliphatic rings. The lowest BCUT2D eigenvalue weighted by Crippen LogP contribution is -2.13. The summed E-state index contributed by atoms with van der Waals surface area (Å²) in [6.45, 7) is 5.08. The summed E-state index contributed by atoms with van der Waals surface area (Å²) in [6.07, 6.45) is 0.715. The Balaban J connectivity index is 0.000000546. The van der Waals surface area contributed by atoms with Gasteiger partial charge in [0.1, 0.15) is 0 Å². The van der Waals surface area contributed by atoms with Crippen molar-refractivity contribution < 1.29 is 39.7 Å². The normalized spacial score (nSPS) is 10.9. The smallest absolute Gasteiger partial charge is 0.270 e. The number of non-ortho nitro benzene ring substituents is 2. The summed E-state index contributed by atoms with van der Waals surface area (Å²) in [7, 11) is -11.2. The minimum Gasteiger partial charge on any atom is -0.399 e. The summed E-state index contributed by atoms with van der Waals surface area (Å²) < 4.78 is 69.7. The molecule has 0 amide bonds. The van der Waals surface area contributed by atoms with Crippen LogP contribution in [0, 0.1) is 41.0 Å². The van der Waals surface area contributed by atoms with E-state index in [1.807, 2.05) is 6.92 Å². The van der Waals surface area contributed by atoms with Crippen LogP contribution in [0.2, 0.25) is 0 Å². The van der Waals surface area contributed by atoms with Gasteiger partial charge in [0.05, 0.1) is 25.9 Å². The first kappa shape index (κ1) is 37.0. The molecule has 3 aromatic carbocycles. The highest BCUT2D eigenvalue weighted by molar-refractivity contribution is 7.89. The van der Waals surface area contributed by atoms with E-state index >= 15 is 0 Å². The Bertz CT molecular complexity index is 1700. The van der Waals surface area contributed by atoms with Gasteiger partial charge < -0.3 is 5.73 Å². The van der Waals surface area contributed by atoms with E-state index in [9.17, 15) is 45.5 Å². The molecule has 3 rings (SSSR count). The number of sulfonamides is 2. The quantitative estimate of drug-likeness (QED) is 0.139. The monoisotopic (exact) mass is 635 g/mol. The van der Waals surface area contributed by atoms with Gasteiger partial charge in [-0.15, -0.1) is 0 Å². The molecule has 0 aliphatic heterocycles. The third-order valence-corrected chi connectivity index (χ3v) is 6.56. The first-order chi connectivity index (χ1) is 18.4. The third-order valence-electron chi connectivity index (χ3n) is 4.45. The molecule has 0 bridgehead atoms. The Labute approximate surface area is 236 Å². The fraction of sp³-hybridized carbons (Fsp3) is 0.182. The van der Waals surface area contributed by atoms with E-state index in [4.69, 9.17) is 20.6 Å². The van der Waals surface area contributed by atoms with E-state index in [2.05, 4.69) is 0 Å². The van der Waals surface area contributed by atoms with Gasteiger partial charge in [0.25, 0.3) is 21.5 Å². The SMILES string of the molecule is CS(=O)(=O)O.Cc1ccc(N)cc1S(N)(=O)=O.Cc1ccc([N+](=O)[O-])cc1.Cc1ccc([N+](=O)[O-])cc1S(N)(=O)=O. The molecule has 0 spiro atoms. The van der Waals surface area contributed by atoms with Gasteiger partial charge in [-0.05, 0) is 44.0 Å². The molecule has 0 unspecified atom stereocenters. The number of rotatable bonds is 4. The predicted octanol–water partition coefficient (Wildman–Crippen LogP) is 2.18. The van der Waals surface area contributed by atoms with Crippen molar-refractivity contribution in [3.63, 3.8) is 0 Å². The molecule has 0 fully saturated rings. The van der Waals surface area contributed by atoms with Gasteiger partial charge in [-0.1, -0.05) is 29.8 Å². The zero-order valence-electron chi connectivity index (χ0n) is 22.2. The Kier molecular flexibility index (Phi) is 13.6. The van der Waals surface area contributed by atoms with Crippen LogP contribution in [-0.4, -0.2) is 45.9 Å². The number of anilines is 1. The maximum Gasteiger partial charge on any atom is 0.270 e. The predicted molar refractivity (Wildman–Crippen MR) is 151 cm³/mol. The van der Waals surface area contributed by atoms with Crippen LogP contribution in [0.3, 0.4) is 0 Å². The minimum absolute atomic E-state index is 0.0856. The first-order valence-electron chi connectivity index (χ1n) is 10.7. The number of primary sulfonamides is 2. The van der Waals surface area contributed by atoms with E-state index in [-0.39, 0.29) is 21.2 Å². The van der Waals surface area contributed by atoms with Crippen molar-refractivity contribution in [1.29, 1.82) is 0 Å². The summed E-state index contributed by atoms with van der Waals surface area (Å²) >= 11 is 0. The van der Waals surface area contributed by atoms with Crippen molar-refractivity contribution >= 4 is 47.2 Å². The molecule has 0 aromatic heterocycles. The lowest BCUT2D eigenvalue weighted by atomic mass is 10.2. The average Bonchev–Trinajstić information content (AvgIpc) is 2.79. The van der Waals surface area contributed by atoms with Gasteiger partial charge in [0.2, 0.25) is 20.0 Å². The number of nitrogens with two attached hydrogens (primary N) is 3. The Morgan fingerprint density at radius 1 is 0.659 bits per heavy atom. The molecule has 0 atom stereocenters. The van der Waals surface area contributed by atoms with Crippen molar-refractivity contribution in [2.75, 3.05) is 12.0 Å². The molecule has 0 aliphatic carbocycles. The van der Waals surface area contributed by atoms with E-state index in [0.717, 1.165) is 11.6 Å². The maximum absolute atomic E-state index is 11.0. The van der Waals surface area contributed by atoms with E-state index in [1.165, 1.54) is 37.3 Å². The van der Waals surface area contributed by atoms with E-state index < -0.39 is 40.0 Å². The van der Waals surface area contributed by atoms with Crippen molar-refractivity contribution in [2.45, 2.75) is 30.6 Å². The molecule has 19 heteroatoms. The molecule has 226 valence electrons. The molecular weight excluding hydrogens is 606 g/mol. The van der Waals surface area contributed by atoms with Crippen molar-refractivity contribution in [3.8, 4) is 0 Å². The topological polar surface area (TPSA) is 287 Å². The minimum atomic E-state index is -3.89. The standard InChI is InChI=1S/C7H8N2O4S.C7H10N2O2S.C7H7NO2.CH4O3S/c1-5-2-3-6(9(10)11)4-7(5)14(8,12)13;1-5-2-3-6(8)4-7(5)12(9,10)11;1-6-2-4-7(5-3-6)8(9)10;1-5(2,3)4/h2-4H,1H3,(H2,8,12,13);2-4H,8H2,1H3,(H2,9,10,11);2-5H,1H3;1H3,(H,2,3,4). The average molecular weight is 636 g/mol. The first-order valence-corrected chi connectivity index (χ1v) is 15.7. The van der Waals surface area contributed by atoms with Gasteiger partial charge in [-0.2, -0.15) is 8.42 Å². The van der Waals surface area contributed by atoms with Crippen molar-refractivity contribution in [2.24, 2.45) is 10.3 Å². The Hall–Kier alpha value is -4.01. The van der Waals surface area contributed by atoms with Crippen LogP contribution in [0.15, 0.2) is 70.5 Å². The second kappa shape index (κ2) is 15.1. The summed E-state index contributed by atoms with van der Waals surface area (Å²) in [5, 5.41) is 30.3. The van der Waals surface area contributed by atoms with Crippen LogP contribution in [0.1, 0.15) is 16.7 Å². The second-order valence-corrected chi connectivity index (χ2v) is 12.7. The van der Waals surface area contributed by atoms with Crippen LogP contribution in [-0.2, 0) is 30.2 Å². The van der Waals surface area contributed by atoms with Gasteiger partial charge in [-0.25, -0.2) is 27.1 Å². The summed E-state index contributed by atoms with van der Waals surface area (Å²) in [5.41, 5.74) is 7.67. The number of benzene rings is 3. The Morgan fingerprint density at radius 2 is 1.00 bits per heavy atom. The number of nitrogens with zero attached hydrogens (tertiary/aromatic N) is 2. The van der Waals surface area contributed by atoms with Crippen LogP contribution >= 0.6 is 0 Å². The summed E-state index contributed by atoms with van der Waals surface area (Å²) in [5.74, 6) is 0. The number of hydrogen-bond donors (Lipinski definition) is 4. The van der Waals surface area contributed by atoms with Crippen LogP contribution in [0.25, 0.3) is 0 Å². The maximum atomic E-state index is 11.0. The number of nitro groups is 2. The van der Waals surface area contributed by atoms with Crippen molar-refractivity contribution in [3.05, 3.63) is 97.6 Å². The zero-order valence-corrected chi connectivity index (χ0v) is 24.6.